The standard InChI is InChI=1S/C20H16N4OS/c21-12-13-8-10-15(11-9-13)22-18-16-6-1-2-7-17(16)23-20(24-18)26-19(25)14-4-3-5-14/h1-2,6-11,14H,3-5H2,(H,22,23,24). The first-order valence-corrected chi connectivity index (χ1v) is 9.30. The molecule has 1 saturated carbocycles. The van der Waals surface area contributed by atoms with Gasteiger partial charge in [0.25, 0.3) is 0 Å². The topological polar surface area (TPSA) is 78.7 Å². The highest BCUT2D eigenvalue weighted by atomic mass is 32.2. The highest BCUT2D eigenvalue weighted by molar-refractivity contribution is 8.13. The number of aromatic nitrogens is 2. The largest absolute Gasteiger partial charge is 0.340 e. The van der Waals surface area contributed by atoms with Crippen LogP contribution in [0.3, 0.4) is 0 Å². The molecule has 0 amide bonds. The molecule has 1 N–H and O–H groups in total. The fourth-order valence-electron chi connectivity index (χ4n) is 2.78. The minimum absolute atomic E-state index is 0.144. The predicted octanol–water partition coefficient (Wildman–Crippen LogP) is 4.66. The number of fused-ring (bicyclic) bond motifs is 1. The molecule has 5 nitrogen and oxygen atoms in total. The van der Waals surface area contributed by atoms with Crippen molar-refractivity contribution in [3.8, 4) is 6.07 Å². The Bertz CT molecular complexity index is 1010. The summed E-state index contributed by atoms with van der Waals surface area (Å²) in [6, 6.07) is 17.0. The molecule has 1 fully saturated rings. The molecule has 0 aliphatic heterocycles. The Labute approximate surface area is 155 Å². The van der Waals surface area contributed by atoms with Crippen molar-refractivity contribution < 1.29 is 4.79 Å². The first-order chi connectivity index (χ1) is 12.7. The zero-order valence-electron chi connectivity index (χ0n) is 14.0. The summed E-state index contributed by atoms with van der Waals surface area (Å²) < 4.78 is 0. The van der Waals surface area contributed by atoms with Crippen LogP contribution in [0.25, 0.3) is 10.9 Å². The molecule has 1 heterocycles. The summed E-state index contributed by atoms with van der Waals surface area (Å²) in [5.41, 5.74) is 2.22. The average molecular weight is 360 g/mol. The Morgan fingerprint density at radius 1 is 1.12 bits per heavy atom. The number of hydrogen-bond donors (Lipinski definition) is 1. The van der Waals surface area contributed by atoms with Crippen molar-refractivity contribution in [3.63, 3.8) is 0 Å². The van der Waals surface area contributed by atoms with E-state index in [0.29, 0.717) is 16.5 Å². The molecule has 3 aromatic rings. The average Bonchev–Trinajstić information content (AvgIpc) is 2.61. The van der Waals surface area contributed by atoms with Crippen molar-refractivity contribution in [2.45, 2.75) is 24.4 Å². The highest BCUT2D eigenvalue weighted by Gasteiger charge is 2.27. The number of nitriles is 1. The predicted molar refractivity (Wildman–Crippen MR) is 102 cm³/mol. The molecule has 1 aliphatic carbocycles. The van der Waals surface area contributed by atoms with Crippen LogP contribution in [0, 0.1) is 17.2 Å². The summed E-state index contributed by atoms with van der Waals surface area (Å²) in [4.78, 5) is 21.4. The smallest absolute Gasteiger partial charge is 0.199 e. The van der Waals surface area contributed by atoms with Gasteiger partial charge in [-0.2, -0.15) is 5.26 Å². The van der Waals surface area contributed by atoms with Crippen molar-refractivity contribution in [2.75, 3.05) is 5.32 Å². The van der Waals surface area contributed by atoms with E-state index in [1.165, 1.54) is 0 Å². The van der Waals surface area contributed by atoms with Gasteiger partial charge >= 0.3 is 0 Å². The number of carbonyl (C=O) groups excluding carboxylic acids is 1. The second kappa shape index (κ2) is 7.14. The molecular formula is C20H16N4OS. The van der Waals surface area contributed by atoms with Crippen LogP contribution in [0.15, 0.2) is 53.7 Å². The summed E-state index contributed by atoms with van der Waals surface area (Å²) in [5, 5.41) is 13.7. The van der Waals surface area contributed by atoms with E-state index in [-0.39, 0.29) is 11.0 Å². The fourth-order valence-corrected chi connectivity index (χ4v) is 3.64. The molecule has 0 bridgehead atoms. The molecule has 6 heteroatoms. The maximum atomic E-state index is 12.3. The van der Waals surface area contributed by atoms with Crippen LogP contribution in [0.2, 0.25) is 0 Å². The molecule has 0 saturated heterocycles. The van der Waals surface area contributed by atoms with E-state index in [0.717, 1.165) is 47.6 Å². The zero-order chi connectivity index (χ0) is 17.9. The Morgan fingerprint density at radius 3 is 2.58 bits per heavy atom. The molecule has 0 unspecified atom stereocenters. The minimum atomic E-state index is 0.144. The van der Waals surface area contributed by atoms with E-state index >= 15 is 0 Å². The van der Waals surface area contributed by atoms with Crippen LogP contribution in [-0.4, -0.2) is 15.1 Å². The third-order valence-electron chi connectivity index (χ3n) is 4.49. The number of anilines is 2. The van der Waals surface area contributed by atoms with Crippen molar-refractivity contribution in [2.24, 2.45) is 5.92 Å². The molecule has 1 aliphatic rings. The molecular weight excluding hydrogens is 344 g/mol. The van der Waals surface area contributed by atoms with Gasteiger partial charge in [0.15, 0.2) is 10.3 Å². The van der Waals surface area contributed by atoms with Gasteiger partial charge in [0.1, 0.15) is 5.82 Å². The van der Waals surface area contributed by atoms with Crippen LogP contribution in [-0.2, 0) is 4.79 Å². The molecule has 4 rings (SSSR count). The maximum absolute atomic E-state index is 12.3. The van der Waals surface area contributed by atoms with Crippen molar-refractivity contribution >= 4 is 39.3 Å². The molecule has 26 heavy (non-hydrogen) atoms. The molecule has 0 radical (unpaired) electrons. The summed E-state index contributed by atoms with van der Waals surface area (Å²) in [7, 11) is 0. The van der Waals surface area contributed by atoms with Gasteiger partial charge in [-0.3, -0.25) is 4.79 Å². The second-order valence-corrected chi connectivity index (χ2v) is 7.21. The summed E-state index contributed by atoms with van der Waals surface area (Å²) in [6.45, 7) is 0. The Kier molecular flexibility index (Phi) is 4.55. The van der Waals surface area contributed by atoms with Gasteiger partial charge in [0.05, 0.1) is 17.1 Å². The Morgan fingerprint density at radius 2 is 1.88 bits per heavy atom. The lowest BCUT2D eigenvalue weighted by molar-refractivity contribution is -0.116. The molecule has 1 aromatic heterocycles. The van der Waals surface area contributed by atoms with Gasteiger partial charge in [-0.15, -0.1) is 0 Å². The van der Waals surface area contributed by atoms with Gasteiger partial charge in [0.2, 0.25) is 0 Å². The first kappa shape index (κ1) is 16.6. The monoisotopic (exact) mass is 360 g/mol. The van der Waals surface area contributed by atoms with Crippen LogP contribution in [0.5, 0.6) is 0 Å². The van der Waals surface area contributed by atoms with Gasteiger partial charge < -0.3 is 5.32 Å². The number of nitrogens with zero attached hydrogens (tertiary/aromatic N) is 3. The fraction of sp³-hybridized carbons (Fsp3) is 0.200. The number of benzene rings is 2. The summed E-state index contributed by atoms with van der Waals surface area (Å²) >= 11 is 1.13. The third-order valence-corrected chi connectivity index (χ3v) is 5.39. The third kappa shape index (κ3) is 3.39. The molecule has 0 atom stereocenters. The van der Waals surface area contributed by atoms with Gasteiger partial charge in [-0.1, -0.05) is 18.6 Å². The lowest BCUT2D eigenvalue weighted by atomic mass is 9.87. The lowest BCUT2D eigenvalue weighted by Crippen LogP contribution is -2.19. The van der Waals surface area contributed by atoms with Crippen molar-refractivity contribution in [3.05, 3.63) is 54.1 Å². The quantitative estimate of drug-likeness (QED) is 0.538. The van der Waals surface area contributed by atoms with Gasteiger partial charge in [-0.05, 0) is 61.0 Å². The number of thioether (sulfide) groups is 1. The van der Waals surface area contributed by atoms with Crippen LogP contribution < -0.4 is 5.32 Å². The van der Waals surface area contributed by atoms with Crippen LogP contribution in [0.1, 0.15) is 24.8 Å². The van der Waals surface area contributed by atoms with E-state index in [1.807, 2.05) is 36.4 Å². The number of hydrogen-bond acceptors (Lipinski definition) is 6. The zero-order valence-corrected chi connectivity index (χ0v) is 14.8. The van der Waals surface area contributed by atoms with Gasteiger partial charge in [0, 0.05) is 17.0 Å². The minimum Gasteiger partial charge on any atom is -0.340 e. The van der Waals surface area contributed by atoms with E-state index in [1.54, 1.807) is 12.1 Å². The van der Waals surface area contributed by atoms with E-state index in [2.05, 4.69) is 21.4 Å². The highest BCUT2D eigenvalue weighted by Crippen LogP contribution is 2.34. The normalized spacial score (nSPS) is 13.8. The Balaban J connectivity index is 1.67. The van der Waals surface area contributed by atoms with E-state index in [4.69, 9.17) is 5.26 Å². The van der Waals surface area contributed by atoms with E-state index in [9.17, 15) is 4.79 Å². The van der Waals surface area contributed by atoms with Crippen LogP contribution >= 0.6 is 11.8 Å². The SMILES string of the molecule is N#Cc1ccc(Nc2nc(SC(=O)C3CCC3)nc3ccccc23)cc1. The second-order valence-electron chi connectivity index (χ2n) is 6.24. The number of nitrogens with one attached hydrogen (secondary N) is 1. The first-order valence-electron chi connectivity index (χ1n) is 8.48. The van der Waals surface area contributed by atoms with Crippen molar-refractivity contribution in [1.82, 2.24) is 9.97 Å². The maximum Gasteiger partial charge on any atom is 0.199 e. The van der Waals surface area contributed by atoms with E-state index < -0.39 is 0 Å². The summed E-state index contributed by atoms with van der Waals surface area (Å²) in [6.07, 6.45) is 3.06. The molecule has 128 valence electrons. The number of rotatable bonds is 4. The van der Waals surface area contributed by atoms with Gasteiger partial charge in [-0.25, -0.2) is 9.97 Å². The van der Waals surface area contributed by atoms with Crippen LogP contribution in [0.4, 0.5) is 11.5 Å². The number of carbonyl (C=O) groups is 1. The summed E-state index contributed by atoms with van der Waals surface area (Å²) in [5.74, 6) is 0.800. The molecule has 0 spiro atoms. The van der Waals surface area contributed by atoms with Crippen molar-refractivity contribution in [1.29, 1.82) is 5.26 Å². The molecule has 2 aromatic carbocycles. The lowest BCUT2D eigenvalue weighted by Gasteiger charge is -2.22. The Hall–Kier alpha value is -2.91. The number of para-hydroxylation sites is 1.